The highest BCUT2D eigenvalue weighted by atomic mass is 19.1. The highest BCUT2D eigenvalue weighted by molar-refractivity contribution is 5.99. The van der Waals surface area contributed by atoms with Crippen LogP contribution in [-0.2, 0) is 6.54 Å². The lowest BCUT2D eigenvalue weighted by Crippen LogP contribution is -2.15. The molecule has 6 heteroatoms. The fourth-order valence-corrected chi connectivity index (χ4v) is 1.64. The predicted molar refractivity (Wildman–Crippen MR) is 70.9 cm³/mol. The first-order chi connectivity index (χ1) is 9.08. The third kappa shape index (κ3) is 2.98. The topological polar surface area (TPSA) is 94.0 Å². The Balaban J connectivity index is 2.21. The molecule has 0 bridgehead atoms. The number of anilines is 2. The van der Waals surface area contributed by atoms with Crippen LogP contribution in [0.25, 0.3) is 0 Å². The quantitative estimate of drug-likeness (QED) is 0.726. The number of nitrogens with two attached hydrogens (primary N) is 2. The summed E-state index contributed by atoms with van der Waals surface area (Å²) in [5, 5.41) is 2.89. The number of aromatic nitrogens is 1. The lowest BCUT2D eigenvalue weighted by Gasteiger charge is -2.10. The number of amides is 1. The first kappa shape index (κ1) is 12.8. The first-order valence-electron chi connectivity index (χ1n) is 5.59. The summed E-state index contributed by atoms with van der Waals surface area (Å²) in [7, 11) is 0. The molecule has 0 unspecified atom stereocenters. The van der Waals surface area contributed by atoms with Gasteiger partial charge in [0.25, 0.3) is 5.91 Å². The molecule has 0 aliphatic rings. The molecular formula is C13H13FN4O. The van der Waals surface area contributed by atoms with Gasteiger partial charge in [0.1, 0.15) is 5.82 Å². The molecular weight excluding hydrogens is 247 g/mol. The second kappa shape index (κ2) is 5.34. The second-order valence-corrected chi connectivity index (χ2v) is 3.99. The molecule has 98 valence electrons. The Hall–Kier alpha value is -2.63. The Morgan fingerprint density at radius 2 is 2.00 bits per heavy atom. The van der Waals surface area contributed by atoms with E-state index in [1.54, 1.807) is 24.5 Å². The minimum atomic E-state index is -0.690. The Labute approximate surface area is 109 Å². The molecule has 2 aromatic rings. The van der Waals surface area contributed by atoms with Crippen LogP contribution >= 0.6 is 0 Å². The van der Waals surface area contributed by atoms with Gasteiger partial charge in [0, 0.05) is 24.6 Å². The predicted octanol–water partition coefficient (Wildman–Crippen LogP) is 1.51. The number of carbonyl (C=O) groups excluding carboxylic acids is 1. The van der Waals surface area contributed by atoms with Crippen LogP contribution in [0.15, 0.2) is 36.7 Å². The van der Waals surface area contributed by atoms with Crippen molar-refractivity contribution in [2.45, 2.75) is 6.54 Å². The Bertz CT molecular complexity index is 601. The van der Waals surface area contributed by atoms with E-state index in [0.717, 1.165) is 11.6 Å². The van der Waals surface area contributed by atoms with Gasteiger partial charge >= 0.3 is 0 Å². The van der Waals surface area contributed by atoms with Crippen molar-refractivity contribution >= 4 is 17.3 Å². The van der Waals surface area contributed by atoms with Crippen LogP contribution in [0, 0.1) is 5.82 Å². The molecule has 0 aliphatic heterocycles. The van der Waals surface area contributed by atoms with Gasteiger partial charge in [-0.1, -0.05) is 0 Å². The maximum Gasteiger partial charge on any atom is 0.250 e. The molecule has 1 aromatic heterocycles. The van der Waals surface area contributed by atoms with Crippen LogP contribution in [-0.4, -0.2) is 10.9 Å². The summed E-state index contributed by atoms with van der Waals surface area (Å²) in [4.78, 5) is 15.0. The number of carbonyl (C=O) groups is 1. The molecule has 0 radical (unpaired) electrons. The van der Waals surface area contributed by atoms with E-state index in [2.05, 4.69) is 10.3 Å². The van der Waals surface area contributed by atoms with Crippen molar-refractivity contribution in [3.05, 3.63) is 53.6 Å². The molecule has 1 heterocycles. The minimum Gasteiger partial charge on any atom is -0.398 e. The van der Waals surface area contributed by atoms with Crippen molar-refractivity contribution < 1.29 is 9.18 Å². The molecule has 0 atom stereocenters. The molecule has 5 N–H and O–H groups in total. The number of rotatable bonds is 4. The molecule has 19 heavy (non-hydrogen) atoms. The number of hydrogen-bond acceptors (Lipinski definition) is 4. The smallest absolute Gasteiger partial charge is 0.250 e. The number of primary amides is 1. The standard InChI is InChI=1S/C13H13FN4O/c14-10-6-11(15)9(13(16)19)5-12(10)18-7-8-1-3-17-4-2-8/h1-6,18H,7,15H2,(H2,16,19). The Morgan fingerprint density at radius 1 is 1.32 bits per heavy atom. The van der Waals surface area contributed by atoms with Crippen LogP contribution < -0.4 is 16.8 Å². The van der Waals surface area contributed by atoms with Gasteiger partial charge in [-0.3, -0.25) is 9.78 Å². The number of hydrogen-bond donors (Lipinski definition) is 3. The number of nitrogens with one attached hydrogen (secondary N) is 1. The SMILES string of the molecule is NC(=O)c1cc(NCc2ccncc2)c(F)cc1N. The zero-order chi connectivity index (χ0) is 13.8. The molecule has 5 nitrogen and oxygen atoms in total. The van der Waals surface area contributed by atoms with E-state index >= 15 is 0 Å². The van der Waals surface area contributed by atoms with E-state index in [0.29, 0.717) is 6.54 Å². The average molecular weight is 260 g/mol. The van der Waals surface area contributed by atoms with Crippen LogP contribution in [0.4, 0.5) is 15.8 Å². The summed E-state index contributed by atoms with van der Waals surface area (Å²) in [6.45, 7) is 0.404. The average Bonchev–Trinajstić information content (AvgIpc) is 2.38. The van der Waals surface area contributed by atoms with E-state index in [1.807, 2.05) is 0 Å². The van der Waals surface area contributed by atoms with Crippen molar-refractivity contribution in [2.75, 3.05) is 11.1 Å². The summed E-state index contributed by atoms with van der Waals surface area (Å²) >= 11 is 0. The van der Waals surface area contributed by atoms with Crippen molar-refractivity contribution in [3.63, 3.8) is 0 Å². The van der Waals surface area contributed by atoms with Gasteiger partial charge < -0.3 is 16.8 Å². The van der Waals surface area contributed by atoms with Gasteiger partial charge in [-0.25, -0.2) is 4.39 Å². The highest BCUT2D eigenvalue weighted by Crippen LogP contribution is 2.22. The molecule has 0 aliphatic carbocycles. The maximum absolute atomic E-state index is 13.7. The van der Waals surface area contributed by atoms with Crippen molar-refractivity contribution in [1.82, 2.24) is 4.98 Å². The lowest BCUT2D eigenvalue weighted by molar-refractivity contribution is 0.100. The van der Waals surface area contributed by atoms with Gasteiger partial charge in [-0.2, -0.15) is 0 Å². The van der Waals surface area contributed by atoms with Gasteiger partial charge in [-0.05, 0) is 29.8 Å². The van der Waals surface area contributed by atoms with E-state index in [4.69, 9.17) is 11.5 Å². The lowest BCUT2D eigenvalue weighted by atomic mass is 10.1. The van der Waals surface area contributed by atoms with E-state index in [1.165, 1.54) is 6.07 Å². The normalized spacial score (nSPS) is 10.2. The Morgan fingerprint density at radius 3 is 2.63 bits per heavy atom. The van der Waals surface area contributed by atoms with Crippen molar-refractivity contribution in [1.29, 1.82) is 0 Å². The number of halogens is 1. The highest BCUT2D eigenvalue weighted by Gasteiger charge is 2.11. The maximum atomic E-state index is 13.7. The molecule has 1 amide bonds. The molecule has 0 spiro atoms. The fraction of sp³-hybridized carbons (Fsp3) is 0.0769. The third-order valence-electron chi connectivity index (χ3n) is 2.64. The van der Waals surface area contributed by atoms with Crippen LogP contribution in [0.1, 0.15) is 15.9 Å². The summed E-state index contributed by atoms with van der Waals surface area (Å²) in [6.07, 6.45) is 3.29. The summed E-state index contributed by atoms with van der Waals surface area (Å²) in [5.41, 5.74) is 11.9. The van der Waals surface area contributed by atoms with Gasteiger partial charge in [-0.15, -0.1) is 0 Å². The van der Waals surface area contributed by atoms with Gasteiger partial charge in [0.15, 0.2) is 0 Å². The molecule has 2 rings (SSSR count). The molecule has 0 saturated heterocycles. The van der Waals surface area contributed by atoms with Crippen LogP contribution in [0.5, 0.6) is 0 Å². The number of nitrogen functional groups attached to an aromatic ring is 1. The summed E-state index contributed by atoms with van der Waals surface area (Å²) in [6, 6.07) is 6.00. The summed E-state index contributed by atoms with van der Waals surface area (Å²) < 4.78 is 13.7. The van der Waals surface area contributed by atoms with Gasteiger partial charge in [0.2, 0.25) is 0 Å². The molecule has 0 fully saturated rings. The third-order valence-corrected chi connectivity index (χ3v) is 2.64. The number of pyridine rings is 1. The zero-order valence-electron chi connectivity index (χ0n) is 10.1. The molecule has 1 aromatic carbocycles. The summed E-state index contributed by atoms with van der Waals surface area (Å²) in [5.74, 6) is -1.22. The Kier molecular flexibility index (Phi) is 3.61. The minimum absolute atomic E-state index is 0.0273. The van der Waals surface area contributed by atoms with Crippen molar-refractivity contribution in [2.24, 2.45) is 5.73 Å². The number of nitrogens with zero attached hydrogens (tertiary/aromatic N) is 1. The van der Waals surface area contributed by atoms with E-state index < -0.39 is 11.7 Å². The van der Waals surface area contributed by atoms with E-state index in [9.17, 15) is 9.18 Å². The number of benzene rings is 1. The van der Waals surface area contributed by atoms with Crippen LogP contribution in [0.2, 0.25) is 0 Å². The van der Waals surface area contributed by atoms with E-state index in [-0.39, 0.29) is 16.9 Å². The molecule has 0 saturated carbocycles. The largest absolute Gasteiger partial charge is 0.398 e. The fourth-order valence-electron chi connectivity index (χ4n) is 1.64. The zero-order valence-corrected chi connectivity index (χ0v) is 10.1. The van der Waals surface area contributed by atoms with Crippen LogP contribution in [0.3, 0.4) is 0 Å². The van der Waals surface area contributed by atoms with Gasteiger partial charge in [0.05, 0.1) is 11.3 Å². The monoisotopic (exact) mass is 260 g/mol. The second-order valence-electron chi connectivity index (χ2n) is 3.99. The first-order valence-corrected chi connectivity index (χ1v) is 5.59. The van der Waals surface area contributed by atoms with Crippen molar-refractivity contribution in [3.8, 4) is 0 Å².